The number of fused-ring (bicyclic) bond motifs is 1. The summed E-state index contributed by atoms with van der Waals surface area (Å²) >= 11 is 0. The van der Waals surface area contributed by atoms with Crippen LogP contribution in [-0.4, -0.2) is 26.0 Å². The lowest BCUT2D eigenvalue weighted by molar-refractivity contribution is -0.142. The molecule has 0 saturated heterocycles. The predicted octanol–water partition coefficient (Wildman–Crippen LogP) is 5.89. The Labute approximate surface area is 177 Å². The fourth-order valence-electron chi connectivity index (χ4n) is 3.24. The highest BCUT2D eigenvalue weighted by Gasteiger charge is 2.37. The molecule has 5 nitrogen and oxygen atoms in total. The van der Waals surface area contributed by atoms with Crippen LogP contribution in [0.5, 0.6) is 5.75 Å². The first-order valence-electron chi connectivity index (χ1n) is 9.29. The van der Waals surface area contributed by atoms with Gasteiger partial charge in [0.05, 0.1) is 17.9 Å². The lowest BCUT2D eigenvalue weighted by atomic mass is 10.1. The van der Waals surface area contributed by atoms with Gasteiger partial charge < -0.3 is 4.74 Å². The maximum absolute atomic E-state index is 13.8. The number of hydrogen-bond acceptors (Lipinski definition) is 4. The van der Waals surface area contributed by atoms with Crippen LogP contribution in [0.4, 0.5) is 26.3 Å². The second-order valence-electron chi connectivity index (χ2n) is 6.69. The summed E-state index contributed by atoms with van der Waals surface area (Å²) < 4.78 is 87.7. The van der Waals surface area contributed by atoms with Crippen molar-refractivity contribution in [2.75, 3.05) is 6.61 Å². The number of aromatic nitrogens is 4. The van der Waals surface area contributed by atoms with Crippen molar-refractivity contribution in [1.29, 1.82) is 0 Å². The van der Waals surface area contributed by atoms with E-state index in [4.69, 9.17) is 4.74 Å². The average molecular weight is 452 g/mol. The quantitative estimate of drug-likeness (QED) is 0.362. The van der Waals surface area contributed by atoms with Gasteiger partial charge in [-0.25, -0.2) is 9.97 Å². The van der Waals surface area contributed by atoms with Crippen LogP contribution in [-0.2, 0) is 12.4 Å². The van der Waals surface area contributed by atoms with E-state index in [1.807, 2.05) is 0 Å². The van der Waals surface area contributed by atoms with Crippen molar-refractivity contribution in [3.8, 4) is 28.3 Å². The number of hydrogen-bond donors (Lipinski definition) is 0. The Kier molecular flexibility index (Phi) is 5.27. The van der Waals surface area contributed by atoms with Gasteiger partial charge in [0.2, 0.25) is 0 Å². The molecule has 0 spiro atoms. The summed E-state index contributed by atoms with van der Waals surface area (Å²) in [6.45, 7) is 1.52. The van der Waals surface area contributed by atoms with Gasteiger partial charge >= 0.3 is 12.4 Å². The molecule has 0 aliphatic rings. The van der Waals surface area contributed by atoms with Crippen LogP contribution in [0.25, 0.3) is 28.2 Å². The van der Waals surface area contributed by atoms with Crippen LogP contribution in [0.1, 0.15) is 18.2 Å². The third-order valence-corrected chi connectivity index (χ3v) is 4.63. The van der Waals surface area contributed by atoms with E-state index in [0.717, 1.165) is 22.9 Å². The van der Waals surface area contributed by atoms with Crippen LogP contribution >= 0.6 is 0 Å². The molecule has 3 aromatic heterocycles. The Morgan fingerprint density at radius 1 is 0.906 bits per heavy atom. The first kappa shape index (κ1) is 21.6. The lowest BCUT2D eigenvalue weighted by Gasteiger charge is -2.16. The Morgan fingerprint density at radius 2 is 1.62 bits per heavy atom. The molecule has 0 bridgehead atoms. The summed E-state index contributed by atoms with van der Waals surface area (Å²) in [5.41, 5.74) is -2.19. The number of rotatable bonds is 4. The summed E-state index contributed by atoms with van der Waals surface area (Å²) in [4.78, 5) is 12.1. The first-order chi connectivity index (χ1) is 15.1. The number of halogens is 6. The fraction of sp³-hybridized carbons (Fsp3) is 0.190. The standard InChI is InChI=1S/C21H14F6N4O/c1-2-32-16-4-3-13(9-14(16)20(22,23)24)15-10-17(21(25,26)27)31-11-29-18(19(31)30-15)12-5-7-28-8-6-12/h3-11H,2H2,1H3. The zero-order chi connectivity index (χ0) is 23.1. The van der Waals surface area contributed by atoms with Gasteiger partial charge in [0.15, 0.2) is 5.65 Å². The number of imidazole rings is 1. The molecule has 0 N–H and O–H groups in total. The maximum Gasteiger partial charge on any atom is 0.431 e. The van der Waals surface area contributed by atoms with E-state index in [1.54, 1.807) is 12.1 Å². The number of benzene rings is 1. The monoisotopic (exact) mass is 452 g/mol. The number of alkyl halides is 6. The van der Waals surface area contributed by atoms with Gasteiger partial charge in [0, 0.05) is 23.5 Å². The average Bonchev–Trinajstić information content (AvgIpc) is 3.16. The molecule has 0 saturated carbocycles. The molecule has 0 aliphatic carbocycles. The minimum atomic E-state index is -4.80. The van der Waals surface area contributed by atoms with Crippen LogP contribution < -0.4 is 4.74 Å². The third-order valence-electron chi connectivity index (χ3n) is 4.63. The molecule has 0 aliphatic heterocycles. The molecule has 0 radical (unpaired) electrons. The topological polar surface area (TPSA) is 52.3 Å². The molecule has 32 heavy (non-hydrogen) atoms. The van der Waals surface area contributed by atoms with Crippen molar-refractivity contribution in [1.82, 2.24) is 19.4 Å². The van der Waals surface area contributed by atoms with E-state index in [0.29, 0.717) is 11.6 Å². The molecule has 0 unspecified atom stereocenters. The zero-order valence-corrected chi connectivity index (χ0v) is 16.4. The second-order valence-corrected chi connectivity index (χ2v) is 6.69. The smallest absolute Gasteiger partial charge is 0.431 e. The van der Waals surface area contributed by atoms with Crippen molar-refractivity contribution in [3.63, 3.8) is 0 Å². The normalized spacial score (nSPS) is 12.3. The molecule has 0 amide bonds. The van der Waals surface area contributed by atoms with Gasteiger partial charge in [-0.1, -0.05) is 0 Å². The lowest BCUT2D eigenvalue weighted by Crippen LogP contribution is -2.13. The summed E-state index contributed by atoms with van der Waals surface area (Å²) in [5, 5.41) is 0. The number of pyridine rings is 1. The molecule has 11 heteroatoms. The molecule has 3 heterocycles. The molecule has 0 atom stereocenters. The van der Waals surface area contributed by atoms with E-state index in [1.165, 1.54) is 25.4 Å². The molecule has 1 aromatic carbocycles. The Morgan fingerprint density at radius 3 is 2.25 bits per heavy atom. The number of nitrogens with zero attached hydrogens (tertiary/aromatic N) is 4. The Balaban J connectivity index is 1.97. The van der Waals surface area contributed by atoms with Crippen molar-refractivity contribution in [3.05, 3.63) is 66.4 Å². The van der Waals surface area contributed by atoms with Gasteiger partial charge in [-0.3, -0.25) is 9.38 Å². The summed E-state index contributed by atoms with van der Waals surface area (Å²) in [6.07, 6.45) is -5.71. The molecule has 4 rings (SSSR count). The number of ether oxygens (including phenoxy) is 1. The highest BCUT2D eigenvalue weighted by Crippen LogP contribution is 2.40. The molecule has 166 valence electrons. The van der Waals surface area contributed by atoms with Crippen molar-refractivity contribution in [2.45, 2.75) is 19.3 Å². The van der Waals surface area contributed by atoms with Crippen LogP contribution in [0, 0.1) is 0 Å². The molecular weight excluding hydrogens is 438 g/mol. The van der Waals surface area contributed by atoms with Gasteiger partial charge in [0.1, 0.15) is 23.5 Å². The van der Waals surface area contributed by atoms with E-state index >= 15 is 0 Å². The van der Waals surface area contributed by atoms with Gasteiger partial charge in [-0.2, -0.15) is 26.3 Å². The minimum absolute atomic E-state index is 0.00399. The Hall–Kier alpha value is -3.63. The van der Waals surface area contributed by atoms with E-state index in [2.05, 4.69) is 15.0 Å². The minimum Gasteiger partial charge on any atom is -0.493 e. The van der Waals surface area contributed by atoms with Crippen LogP contribution in [0.15, 0.2) is 55.1 Å². The van der Waals surface area contributed by atoms with Crippen LogP contribution in [0.3, 0.4) is 0 Å². The maximum atomic E-state index is 13.8. The van der Waals surface area contributed by atoms with E-state index in [-0.39, 0.29) is 29.2 Å². The molecular formula is C21H14F6N4O. The third kappa shape index (κ3) is 3.97. The van der Waals surface area contributed by atoms with E-state index < -0.39 is 29.4 Å². The largest absolute Gasteiger partial charge is 0.493 e. The van der Waals surface area contributed by atoms with Crippen molar-refractivity contribution >= 4 is 5.65 Å². The summed E-state index contributed by atoms with van der Waals surface area (Å²) in [7, 11) is 0. The van der Waals surface area contributed by atoms with Crippen molar-refractivity contribution in [2.24, 2.45) is 0 Å². The highest BCUT2D eigenvalue weighted by molar-refractivity contribution is 5.76. The van der Waals surface area contributed by atoms with E-state index in [9.17, 15) is 26.3 Å². The van der Waals surface area contributed by atoms with Gasteiger partial charge in [0.25, 0.3) is 0 Å². The summed E-state index contributed by atoms with van der Waals surface area (Å²) in [6, 6.07) is 6.82. The zero-order valence-electron chi connectivity index (χ0n) is 16.4. The predicted molar refractivity (Wildman–Crippen MR) is 103 cm³/mol. The molecule has 4 aromatic rings. The second kappa shape index (κ2) is 7.81. The van der Waals surface area contributed by atoms with Crippen LogP contribution in [0.2, 0.25) is 0 Å². The highest BCUT2D eigenvalue weighted by atomic mass is 19.4. The SMILES string of the molecule is CCOc1ccc(-c2cc(C(F)(F)F)n3cnc(-c4ccncc4)c3n2)cc1C(F)(F)F. The van der Waals surface area contributed by atoms with Gasteiger partial charge in [-0.15, -0.1) is 0 Å². The fourth-order valence-corrected chi connectivity index (χ4v) is 3.24. The molecule has 0 fully saturated rings. The first-order valence-corrected chi connectivity index (χ1v) is 9.29. The van der Waals surface area contributed by atoms with Gasteiger partial charge in [-0.05, 0) is 43.3 Å². The Bertz CT molecular complexity index is 1270. The summed E-state index contributed by atoms with van der Waals surface area (Å²) in [5.74, 6) is -0.414. The van der Waals surface area contributed by atoms with Crippen molar-refractivity contribution < 1.29 is 31.1 Å².